The van der Waals surface area contributed by atoms with Crippen molar-refractivity contribution in [3.8, 4) is 0 Å². The summed E-state index contributed by atoms with van der Waals surface area (Å²) in [7, 11) is -3.51. The fourth-order valence-corrected chi connectivity index (χ4v) is 3.95. The van der Waals surface area contributed by atoms with Crippen molar-refractivity contribution >= 4 is 10.0 Å². The van der Waals surface area contributed by atoms with E-state index in [-0.39, 0.29) is 10.9 Å². The van der Waals surface area contributed by atoms with Crippen molar-refractivity contribution in [1.29, 1.82) is 0 Å². The van der Waals surface area contributed by atoms with E-state index in [0.717, 1.165) is 0 Å². The van der Waals surface area contributed by atoms with Crippen molar-refractivity contribution in [1.82, 2.24) is 14.5 Å². The Morgan fingerprint density at radius 3 is 2.39 bits per heavy atom. The minimum Gasteiger partial charge on any atom is -0.330 e. The highest BCUT2D eigenvalue weighted by molar-refractivity contribution is 7.89. The lowest BCUT2D eigenvalue weighted by molar-refractivity contribution is 0.351. The van der Waals surface area contributed by atoms with Gasteiger partial charge in [-0.3, -0.25) is 5.10 Å². The molecule has 7 heteroatoms. The van der Waals surface area contributed by atoms with Gasteiger partial charge in [0.2, 0.25) is 10.0 Å². The number of aromatic nitrogens is 2. The van der Waals surface area contributed by atoms with Crippen LogP contribution in [0.1, 0.15) is 31.7 Å². The summed E-state index contributed by atoms with van der Waals surface area (Å²) in [6.07, 6.45) is 0.646. The Labute approximate surface area is 109 Å². The molecule has 0 aliphatic heterocycles. The molecule has 0 bridgehead atoms. The number of hydrogen-bond acceptors (Lipinski definition) is 4. The van der Waals surface area contributed by atoms with Gasteiger partial charge in [-0.25, -0.2) is 8.42 Å². The third-order valence-corrected chi connectivity index (χ3v) is 5.12. The first kappa shape index (κ1) is 15.1. The maximum Gasteiger partial charge on any atom is 0.246 e. The lowest BCUT2D eigenvalue weighted by Crippen LogP contribution is -2.38. The first-order chi connectivity index (χ1) is 8.32. The normalized spacial score (nSPS) is 12.6. The molecule has 0 aromatic carbocycles. The quantitative estimate of drug-likeness (QED) is 0.801. The SMILES string of the molecule is Cc1n[nH]c(C)c1S(=O)(=O)N(CCCN)C(C)C. The van der Waals surface area contributed by atoms with Crippen molar-refractivity contribution in [3.63, 3.8) is 0 Å². The maximum absolute atomic E-state index is 12.6. The predicted octanol–water partition coefficient (Wildman–Crippen LogP) is 0.774. The average molecular weight is 274 g/mol. The number of aromatic amines is 1. The number of sulfonamides is 1. The van der Waals surface area contributed by atoms with Gasteiger partial charge in [-0.15, -0.1) is 0 Å². The summed E-state index contributed by atoms with van der Waals surface area (Å²) in [5.41, 5.74) is 6.54. The minimum absolute atomic E-state index is 0.102. The van der Waals surface area contributed by atoms with Crippen LogP contribution >= 0.6 is 0 Å². The molecule has 0 atom stereocenters. The van der Waals surface area contributed by atoms with Crippen LogP contribution in [0.15, 0.2) is 4.90 Å². The van der Waals surface area contributed by atoms with Crippen molar-refractivity contribution in [2.24, 2.45) is 5.73 Å². The maximum atomic E-state index is 12.6. The fourth-order valence-electron chi connectivity index (χ4n) is 1.94. The Hall–Kier alpha value is -0.920. The number of hydrogen-bond donors (Lipinski definition) is 2. The monoisotopic (exact) mass is 274 g/mol. The zero-order valence-corrected chi connectivity index (χ0v) is 12.2. The van der Waals surface area contributed by atoms with Gasteiger partial charge in [0.05, 0.1) is 11.4 Å². The first-order valence-electron chi connectivity index (χ1n) is 6.05. The van der Waals surface area contributed by atoms with Crippen LogP contribution in [-0.4, -0.2) is 42.1 Å². The standard InChI is InChI=1S/C11H22N4O2S/c1-8(2)15(7-5-6-12)18(16,17)11-9(3)13-14-10(11)4/h8H,5-7,12H2,1-4H3,(H,13,14). The minimum atomic E-state index is -3.51. The fraction of sp³-hybridized carbons (Fsp3) is 0.727. The summed E-state index contributed by atoms with van der Waals surface area (Å²) in [4.78, 5) is 0.285. The lowest BCUT2D eigenvalue weighted by Gasteiger charge is -2.25. The Bertz CT molecular complexity index is 474. The molecule has 0 radical (unpaired) electrons. The van der Waals surface area contributed by atoms with E-state index in [1.54, 1.807) is 13.8 Å². The predicted molar refractivity (Wildman–Crippen MR) is 70.8 cm³/mol. The molecule has 0 aliphatic rings. The van der Waals surface area contributed by atoms with Crippen molar-refractivity contribution in [2.45, 2.75) is 45.1 Å². The van der Waals surface area contributed by atoms with Gasteiger partial charge in [-0.05, 0) is 40.7 Å². The molecule has 1 heterocycles. The molecule has 0 saturated heterocycles. The second-order valence-corrected chi connectivity index (χ2v) is 6.44. The van der Waals surface area contributed by atoms with Gasteiger partial charge < -0.3 is 5.73 Å². The van der Waals surface area contributed by atoms with Gasteiger partial charge in [0, 0.05) is 12.6 Å². The van der Waals surface area contributed by atoms with Crippen LogP contribution in [0.25, 0.3) is 0 Å². The van der Waals surface area contributed by atoms with E-state index in [4.69, 9.17) is 5.73 Å². The average Bonchev–Trinajstić information content (AvgIpc) is 2.58. The molecular weight excluding hydrogens is 252 g/mol. The number of H-pyrrole nitrogens is 1. The van der Waals surface area contributed by atoms with Crippen LogP contribution in [0.5, 0.6) is 0 Å². The zero-order valence-electron chi connectivity index (χ0n) is 11.4. The highest BCUT2D eigenvalue weighted by atomic mass is 32.2. The van der Waals surface area contributed by atoms with Crippen LogP contribution in [0.3, 0.4) is 0 Å². The van der Waals surface area contributed by atoms with E-state index in [1.807, 2.05) is 13.8 Å². The van der Waals surface area contributed by atoms with Gasteiger partial charge in [0.1, 0.15) is 4.90 Å². The molecule has 0 fully saturated rings. The summed E-state index contributed by atoms with van der Waals surface area (Å²) in [6, 6.07) is -0.102. The molecule has 1 aromatic heterocycles. The van der Waals surface area contributed by atoms with Gasteiger partial charge >= 0.3 is 0 Å². The molecule has 0 saturated carbocycles. The van der Waals surface area contributed by atoms with E-state index in [0.29, 0.717) is 30.9 Å². The molecule has 104 valence electrons. The summed E-state index contributed by atoms with van der Waals surface area (Å²) in [5.74, 6) is 0. The molecule has 0 unspecified atom stereocenters. The van der Waals surface area contributed by atoms with Crippen molar-refractivity contribution < 1.29 is 8.42 Å². The van der Waals surface area contributed by atoms with Crippen LogP contribution in [0.2, 0.25) is 0 Å². The van der Waals surface area contributed by atoms with Crippen LogP contribution < -0.4 is 5.73 Å². The Morgan fingerprint density at radius 1 is 1.39 bits per heavy atom. The summed E-state index contributed by atoms with van der Waals surface area (Å²) < 4.78 is 26.7. The van der Waals surface area contributed by atoms with Gasteiger partial charge in [0.25, 0.3) is 0 Å². The number of rotatable bonds is 6. The zero-order chi connectivity index (χ0) is 13.9. The molecule has 1 rings (SSSR count). The molecule has 18 heavy (non-hydrogen) atoms. The highest BCUT2D eigenvalue weighted by Crippen LogP contribution is 2.23. The smallest absolute Gasteiger partial charge is 0.246 e. The molecule has 0 spiro atoms. The van der Waals surface area contributed by atoms with E-state index < -0.39 is 10.0 Å². The summed E-state index contributed by atoms with van der Waals surface area (Å²) in [6.45, 7) is 8.03. The number of nitrogens with zero attached hydrogens (tertiary/aromatic N) is 2. The topological polar surface area (TPSA) is 92.1 Å². The number of nitrogens with one attached hydrogen (secondary N) is 1. The molecule has 6 nitrogen and oxygen atoms in total. The van der Waals surface area contributed by atoms with E-state index in [9.17, 15) is 8.42 Å². The van der Waals surface area contributed by atoms with E-state index >= 15 is 0 Å². The van der Waals surface area contributed by atoms with Gasteiger partial charge in [-0.1, -0.05) is 0 Å². The molecule has 0 aliphatic carbocycles. The Balaban J connectivity index is 3.17. The third-order valence-electron chi connectivity index (χ3n) is 2.79. The molecular formula is C11H22N4O2S. The first-order valence-corrected chi connectivity index (χ1v) is 7.49. The molecule has 1 aromatic rings. The third kappa shape index (κ3) is 2.90. The second-order valence-electron chi connectivity index (χ2n) is 4.61. The largest absolute Gasteiger partial charge is 0.330 e. The van der Waals surface area contributed by atoms with E-state index in [2.05, 4.69) is 10.2 Å². The molecule has 0 amide bonds. The van der Waals surface area contributed by atoms with Crippen molar-refractivity contribution in [2.75, 3.05) is 13.1 Å². The van der Waals surface area contributed by atoms with Gasteiger partial charge in [0.15, 0.2) is 0 Å². The van der Waals surface area contributed by atoms with Crippen LogP contribution in [-0.2, 0) is 10.0 Å². The van der Waals surface area contributed by atoms with Crippen molar-refractivity contribution in [3.05, 3.63) is 11.4 Å². The Kier molecular flexibility index (Phi) is 4.89. The van der Waals surface area contributed by atoms with Crippen LogP contribution in [0.4, 0.5) is 0 Å². The Morgan fingerprint density at radius 2 is 2.00 bits per heavy atom. The number of nitrogens with two attached hydrogens (primary N) is 1. The second kappa shape index (κ2) is 5.81. The molecule has 3 N–H and O–H groups in total. The summed E-state index contributed by atoms with van der Waals surface area (Å²) >= 11 is 0. The van der Waals surface area contributed by atoms with Gasteiger partial charge in [-0.2, -0.15) is 9.40 Å². The van der Waals surface area contributed by atoms with Crippen LogP contribution in [0, 0.1) is 13.8 Å². The van der Waals surface area contributed by atoms with E-state index in [1.165, 1.54) is 4.31 Å². The number of aryl methyl sites for hydroxylation is 2. The lowest BCUT2D eigenvalue weighted by atomic mass is 10.3. The highest BCUT2D eigenvalue weighted by Gasteiger charge is 2.30. The summed E-state index contributed by atoms with van der Waals surface area (Å²) in [5, 5.41) is 6.66.